The Morgan fingerprint density at radius 3 is 1.40 bits per heavy atom. The molecule has 0 aliphatic heterocycles. The van der Waals surface area contributed by atoms with Gasteiger partial charge in [-0.05, 0) is 83.6 Å². The minimum Gasteiger partial charge on any atom is -0.308 e. The summed E-state index contributed by atoms with van der Waals surface area (Å²) in [7, 11) is 0. The maximum absolute atomic E-state index is 2.58. The van der Waals surface area contributed by atoms with Gasteiger partial charge in [0.15, 0.2) is 0 Å². The Morgan fingerprint density at radius 2 is 0.807 bits per heavy atom. The molecule has 0 aliphatic rings. The van der Waals surface area contributed by atoms with Crippen LogP contribution in [0.5, 0.6) is 0 Å². The summed E-state index contributed by atoms with van der Waals surface area (Å²) >= 11 is 5.65. The summed E-state index contributed by atoms with van der Waals surface area (Å²) in [6.07, 6.45) is 0. The van der Waals surface area contributed by atoms with Crippen LogP contribution in [0.4, 0.5) is 34.1 Å². The van der Waals surface area contributed by atoms with E-state index in [0.717, 1.165) is 22.7 Å². The van der Waals surface area contributed by atoms with Gasteiger partial charge in [0.25, 0.3) is 0 Å². The fourth-order valence-corrected chi connectivity index (χ4v) is 12.3. The molecule has 9 aromatic carbocycles. The summed E-state index contributed by atoms with van der Waals surface area (Å²) in [5.41, 5.74) is 6.84. The van der Waals surface area contributed by atoms with Crippen LogP contribution < -0.4 is 9.80 Å². The lowest BCUT2D eigenvalue weighted by molar-refractivity contribution is 1.25. The molecule has 0 atom stereocenters. The van der Waals surface area contributed by atoms with E-state index >= 15 is 0 Å². The van der Waals surface area contributed by atoms with Crippen LogP contribution in [-0.4, -0.2) is 0 Å². The van der Waals surface area contributed by atoms with Crippen LogP contribution in [0.15, 0.2) is 194 Å². The highest BCUT2D eigenvalue weighted by atomic mass is 32.1. The van der Waals surface area contributed by atoms with Crippen molar-refractivity contribution in [3.05, 3.63) is 194 Å². The Hall–Kier alpha value is -6.50. The van der Waals surface area contributed by atoms with Crippen LogP contribution in [0.3, 0.4) is 0 Å². The van der Waals surface area contributed by atoms with Crippen LogP contribution >= 0.6 is 34.0 Å². The molecule has 0 aliphatic carbocycles. The maximum atomic E-state index is 2.58. The second kappa shape index (κ2) is 13.0. The lowest BCUT2D eigenvalue weighted by Gasteiger charge is -2.34. The van der Waals surface area contributed by atoms with Crippen LogP contribution in [0.25, 0.3) is 71.3 Å². The molecule has 0 fully saturated rings. The molecule has 268 valence electrons. The van der Waals surface area contributed by atoms with Crippen molar-refractivity contribution >= 4 is 139 Å². The largest absolute Gasteiger partial charge is 0.308 e. The summed E-state index contributed by atoms with van der Waals surface area (Å²) in [6, 6.07) is 71.4. The fourth-order valence-electron chi connectivity index (χ4n) is 8.70. The van der Waals surface area contributed by atoms with Gasteiger partial charge >= 0.3 is 0 Å². The molecule has 12 rings (SSSR count). The van der Waals surface area contributed by atoms with E-state index in [2.05, 4.69) is 204 Å². The smallest absolute Gasteiger partial charge is 0.0796 e. The van der Waals surface area contributed by atoms with Crippen molar-refractivity contribution in [1.82, 2.24) is 0 Å². The average molecular weight is 781 g/mol. The third-order valence-corrected chi connectivity index (χ3v) is 14.7. The van der Waals surface area contributed by atoms with Crippen molar-refractivity contribution in [2.45, 2.75) is 0 Å². The number of fused-ring (bicyclic) bond motifs is 10. The summed E-state index contributed by atoms with van der Waals surface area (Å²) in [5.74, 6) is 0. The zero-order valence-electron chi connectivity index (χ0n) is 30.6. The number of anilines is 6. The van der Waals surface area contributed by atoms with Gasteiger partial charge in [0.05, 0.1) is 32.1 Å². The molecular weight excluding hydrogens is 749 g/mol. The van der Waals surface area contributed by atoms with E-state index in [-0.39, 0.29) is 0 Å². The van der Waals surface area contributed by atoms with E-state index in [4.69, 9.17) is 0 Å². The first kappa shape index (κ1) is 32.7. The van der Waals surface area contributed by atoms with Gasteiger partial charge in [-0.25, -0.2) is 0 Å². The molecule has 0 amide bonds. The highest BCUT2D eigenvalue weighted by Gasteiger charge is 2.29. The number of rotatable bonds is 6. The van der Waals surface area contributed by atoms with E-state index in [9.17, 15) is 0 Å². The first-order chi connectivity index (χ1) is 28.3. The fraction of sp³-hybridized carbons (Fsp3) is 0. The molecular formula is C52H32N2S3. The minimum atomic E-state index is 1.11. The Kier molecular flexibility index (Phi) is 7.48. The Labute approximate surface area is 341 Å². The van der Waals surface area contributed by atoms with Gasteiger partial charge in [-0.15, -0.1) is 34.0 Å². The lowest BCUT2D eigenvalue weighted by Crippen LogP contribution is -2.17. The monoisotopic (exact) mass is 780 g/mol. The molecule has 12 aromatic rings. The van der Waals surface area contributed by atoms with E-state index in [1.165, 1.54) is 82.7 Å². The van der Waals surface area contributed by atoms with Gasteiger partial charge in [0.2, 0.25) is 0 Å². The van der Waals surface area contributed by atoms with E-state index < -0.39 is 0 Å². The summed E-state index contributed by atoms with van der Waals surface area (Å²) < 4.78 is 7.68. The van der Waals surface area contributed by atoms with Crippen molar-refractivity contribution in [1.29, 1.82) is 0 Å². The normalized spacial score (nSPS) is 11.9. The molecule has 57 heavy (non-hydrogen) atoms. The van der Waals surface area contributed by atoms with E-state index in [0.29, 0.717) is 0 Å². The van der Waals surface area contributed by atoms with Crippen molar-refractivity contribution in [2.75, 3.05) is 9.80 Å². The summed E-state index contributed by atoms with van der Waals surface area (Å²) in [4.78, 5) is 5.07. The lowest BCUT2D eigenvalue weighted by atomic mass is 10.0. The number of hydrogen-bond donors (Lipinski definition) is 0. The number of para-hydroxylation sites is 2. The van der Waals surface area contributed by atoms with E-state index in [1.807, 2.05) is 34.0 Å². The summed E-state index contributed by atoms with van der Waals surface area (Å²) in [5, 5.41) is 10.2. The highest BCUT2D eigenvalue weighted by molar-refractivity contribution is 7.27. The van der Waals surface area contributed by atoms with Crippen LogP contribution in [0.2, 0.25) is 0 Å². The third-order valence-electron chi connectivity index (χ3n) is 11.2. The van der Waals surface area contributed by atoms with Gasteiger partial charge in [-0.3, -0.25) is 0 Å². The number of benzene rings is 9. The quantitative estimate of drug-likeness (QED) is 0.166. The van der Waals surface area contributed by atoms with Gasteiger partial charge < -0.3 is 9.80 Å². The van der Waals surface area contributed by atoms with Crippen molar-refractivity contribution in [3.8, 4) is 0 Å². The van der Waals surface area contributed by atoms with Crippen molar-refractivity contribution in [3.63, 3.8) is 0 Å². The van der Waals surface area contributed by atoms with Crippen LogP contribution in [-0.2, 0) is 0 Å². The number of hydrogen-bond acceptors (Lipinski definition) is 5. The van der Waals surface area contributed by atoms with Crippen molar-refractivity contribution < 1.29 is 0 Å². The van der Waals surface area contributed by atoms with Crippen LogP contribution in [0, 0.1) is 0 Å². The molecule has 0 N–H and O–H groups in total. The predicted octanol–water partition coefficient (Wildman–Crippen LogP) is 16.9. The zero-order chi connectivity index (χ0) is 37.5. The number of nitrogens with zero attached hydrogens (tertiary/aromatic N) is 2. The maximum Gasteiger partial charge on any atom is 0.0796 e. The van der Waals surface area contributed by atoms with Crippen LogP contribution in [0.1, 0.15) is 0 Å². The average Bonchev–Trinajstić information content (AvgIpc) is 3.96. The minimum absolute atomic E-state index is 1.11. The Morgan fingerprint density at radius 1 is 0.298 bits per heavy atom. The Bertz CT molecular complexity index is 3330. The van der Waals surface area contributed by atoms with E-state index in [1.54, 1.807) is 0 Å². The molecule has 0 bridgehead atoms. The second-order valence-electron chi connectivity index (χ2n) is 14.5. The molecule has 0 radical (unpaired) electrons. The van der Waals surface area contributed by atoms with Gasteiger partial charge in [0, 0.05) is 62.5 Å². The second-order valence-corrected chi connectivity index (χ2v) is 17.6. The molecule has 2 nitrogen and oxygen atoms in total. The molecule has 0 saturated heterocycles. The van der Waals surface area contributed by atoms with Crippen molar-refractivity contribution in [2.24, 2.45) is 0 Å². The molecule has 3 heterocycles. The third kappa shape index (κ3) is 5.13. The topological polar surface area (TPSA) is 6.48 Å². The van der Waals surface area contributed by atoms with Gasteiger partial charge in [-0.2, -0.15) is 0 Å². The standard InChI is InChI=1S/C52H32N2S3/c1-3-17-35(18-4-1)53(36-19-5-2-6-20-36)50-42(29-30-47-49(50)41-31-33-15-7-8-16-34(33)32-48(41)55-47)54(43-25-13-23-39-37-21-9-11-27-45(37)56-51(39)43)44-26-14-24-40-38-22-10-12-28-46(38)57-52(40)44/h1-32H. The first-order valence-corrected chi connectivity index (χ1v) is 21.6. The van der Waals surface area contributed by atoms with Gasteiger partial charge in [0.1, 0.15) is 0 Å². The molecule has 0 spiro atoms. The number of thiophene rings is 3. The Balaban J connectivity index is 1.28. The molecule has 3 aromatic heterocycles. The molecule has 0 unspecified atom stereocenters. The first-order valence-electron chi connectivity index (χ1n) is 19.2. The predicted molar refractivity (Wildman–Crippen MR) is 252 cm³/mol. The highest BCUT2D eigenvalue weighted by Crippen LogP contribution is 2.56. The SMILES string of the molecule is c1ccc(N(c2ccccc2)c2c(N(c3cccc4c3sc3ccccc34)c3cccc4c3sc3ccccc34)ccc3sc4cc5ccccc5cc4c23)cc1. The summed E-state index contributed by atoms with van der Waals surface area (Å²) in [6.45, 7) is 0. The molecule has 5 heteroatoms. The molecule has 0 saturated carbocycles. The van der Waals surface area contributed by atoms with Gasteiger partial charge in [-0.1, -0.05) is 121 Å². The zero-order valence-corrected chi connectivity index (χ0v) is 33.0.